The van der Waals surface area contributed by atoms with Gasteiger partial charge in [-0.2, -0.15) is 13.2 Å². The molecule has 0 amide bonds. The van der Waals surface area contributed by atoms with Crippen LogP contribution in [-0.2, 0) is 9.53 Å². The molecule has 0 aliphatic heterocycles. The van der Waals surface area contributed by atoms with Crippen LogP contribution in [0, 0.1) is 0 Å². The molecule has 7 heteroatoms. The Kier molecular flexibility index (Phi) is 4.30. The zero-order valence-corrected chi connectivity index (χ0v) is 11.6. The molecule has 2 rings (SSSR count). The standard InChI is InChI=1S/C13H21F3N2O2/c1-2-20-11(19)12(17)6-5-10(7-12)18(9-3-4-9)8-13(14,15)16/h9-10H,2-8,17H2,1H3. The summed E-state index contributed by atoms with van der Waals surface area (Å²) in [5.74, 6) is -0.495. The van der Waals surface area contributed by atoms with Crippen molar-refractivity contribution in [2.75, 3.05) is 13.2 Å². The number of alkyl halides is 3. The minimum absolute atomic E-state index is 0.00818. The van der Waals surface area contributed by atoms with Crippen molar-refractivity contribution in [3.05, 3.63) is 0 Å². The predicted octanol–water partition coefficient (Wildman–Crippen LogP) is 1.83. The van der Waals surface area contributed by atoms with Gasteiger partial charge in [0.15, 0.2) is 0 Å². The van der Waals surface area contributed by atoms with E-state index in [0.29, 0.717) is 12.8 Å². The number of carbonyl (C=O) groups is 1. The van der Waals surface area contributed by atoms with Gasteiger partial charge in [-0.3, -0.25) is 9.69 Å². The SMILES string of the molecule is CCOC(=O)C1(N)CCC(N(CC(F)(F)F)C2CC2)C1. The molecule has 20 heavy (non-hydrogen) atoms. The van der Waals surface area contributed by atoms with Crippen LogP contribution in [0.25, 0.3) is 0 Å². The molecule has 2 fully saturated rings. The number of nitrogens with two attached hydrogens (primary N) is 1. The highest BCUT2D eigenvalue weighted by Gasteiger charge is 2.49. The van der Waals surface area contributed by atoms with Crippen molar-refractivity contribution >= 4 is 5.97 Å². The first-order chi connectivity index (χ1) is 9.25. The number of esters is 1. The average Bonchev–Trinajstić information content (AvgIpc) is 3.09. The number of rotatable bonds is 5. The molecule has 0 aromatic rings. The molecule has 0 saturated heterocycles. The van der Waals surface area contributed by atoms with E-state index in [1.807, 2.05) is 0 Å². The molecule has 116 valence electrons. The second-order valence-corrected chi connectivity index (χ2v) is 5.79. The molecule has 0 heterocycles. The second-order valence-electron chi connectivity index (χ2n) is 5.79. The van der Waals surface area contributed by atoms with Crippen molar-refractivity contribution in [3.63, 3.8) is 0 Å². The van der Waals surface area contributed by atoms with Gasteiger partial charge < -0.3 is 10.5 Å². The maximum Gasteiger partial charge on any atom is 0.401 e. The van der Waals surface area contributed by atoms with Crippen LogP contribution < -0.4 is 5.73 Å². The molecule has 2 unspecified atom stereocenters. The Balaban J connectivity index is 2.00. The minimum Gasteiger partial charge on any atom is -0.465 e. The molecule has 0 aromatic carbocycles. The first-order valence-corrected chi connectivity index (χ1v) is 7.04. The van der Waals surface area contributed by atoms with Crippen LogP contribution in [0.3, 0.4) is 0 Å². The van der Waals surface area contributed by atoms with E-state index in [9.17, 15) is 18.0 Å². The monoisotopic (exact) mass is 294 g/mol. The molecule has 2 aliphatic carbocycles. The second kappa shape index (κ2) is 5.52. The van der Waals surface area contributed by atoms with E-state index in [1.165, 1.54) is 4.90 Å². The third-order valence-electron chi connectivity index (χ3n) is 4.05. The van der Waals surface area contributed by atoms with Crippen LogP contribution in [0.5, 0.6) is 0 Å². The lowest BCUT2D eigenvalue weighted by molar-refractivity contribution is -0.153. The van der Waals surface area contributed by atoms with Crippen LogP contribution in [0.1, 0.15) is 39.0 Å². The van der Waals surface area contributed by atoms with Crippen molar-refractivity contribution in [1.82, 2.24) is 4.90 Å². The highest BCUT2D eigenvalue weighted by Crippen LogP contribution is 2.39. The van der Waals surface area contributed by atoms with Gasteiger partial charge in [-0.25, -0.2) is 0 Å². The van der Waals surface area contributed by atoms with Crippen molar-refractivity contribution in [1.29, 1.82) is 0 Å². The Morgan fingerprint density at radius 3 is 2.50 bits per heavy atom. The molecular weight excluding hydrogens is 273 g/mol. The Bertz CT molecular complexity index is 371. The minimum atomic E-state index is -4.22. The fourth-order valence-electron chi connectivity index (χ4n) is 2.96. The lowest BCUT2D eigenvalue weighted by Gasteiger charge is -2.30. The van der Waals surface area contributed by atoms with Crippen molar-refractivity contribution in [3.8, 4) is 0 Å². The fourth-order valence-corrected chi connectivity index (χ4v) is 2.96. The van der Waals surface area contributed by atoms with Gasteiger partial charge >= 0.3 is 12.1 Å². The summed E-state index contributed by atoms with van der Waals surface area (Å²) in [4.78, 5) is 13.3. The lowest BCUT2D eigenvalue weighted by atomic mass is 9.99. The smallest absolute Gasteiger partial charge is 0.401 e. The molecule has 0 aromatic heterocycles. The predicted molar refractivity (Wildman–Crippen MR) is 67.0 cm³/mol. The van der Waals surface area contributed by atoms with E-state index >= 15 is 0 Å². The molecule has 0 bridgehead atoms. The molecular formula is C13H21F3N2O2. The highest BCUT2D eigenvalue weighted by molar-refractivity contribution is 5.81. The van der Waals surface area contributed by atoms with Gasteiger partial charge in [0.1, 0.15) is 5.54 Å². The van der Waals surface area contributed by atoms with Crippen LogP contribution in [-0.4, -0.2) is 47.8 Å². The van der Waals surface area contributed by atoms with Gasteiger partial charge in [-0.1, -0.05) is 0 Å². The van der Waals surface area contributed by atoms with Gasteiger partial charge in [-0.05, 0) is 39.0 Å². The fraction of sp³-hybridized carbons (Fsp3) is 0.923. The van der Waals surface area contributed by atoms with Gasteiger partial charge in [0.05, 0.1) is 13.2 Å². The molecule has 2 aliphatic rings. The summed E-state index contributed by atoms with van der Waals surface area (Å²) in [6.07, 6.45) is -1.47. The van der Waals surface area contributed by atoms with Gasteiger partial charge in [-0.15, -0.1) is 0 Å². The normalized spacial score (nSPS) is 30.8. The topological polar surface area (TPSA) is 55.6 Å². The Labute approximate surface area is 116 Å². The third kappa shape index (κ3) is 3.63. The first-order valence-electron chi connectivity index (χ1n) is 7.04. The van der Waals surface area contributed by atoms with E-state index in [-0.39, 0.29) is 25.1 Å². The summed E-state index contributed by atoms with van der Waals surface area (Å²) in [7, 11) is 0. The molecule has 0 radical (unpaired) electrons. The van der Waals surface area contributed by atoms with E-state index < -0.39 is 24.2 Å². The van der Waals surface area contributed by atoms with Gasteiger partial charge in [0, 0.05) is 12.1 Å². The molecule has 0 spiro atoms. The largest absolute Gasteiger partial charge is 0.465 e. The summed E-state index contributed by atoms with van der Waals surface area (Å²) in [5.41, 5.74) is 4.89. The van der Waals surface area contributed by atoms with Crippen LogP contribution in [0.4, 0.5) is 13.2 Å². The van der Waals surface area contributed by atoms with Gasteiger partial charge in [0.25, 0.3) is 0 Å². The molecule has 2 N–H and O–H groups in total. The number of hydrogen-bond donors (Lipinski definition) is 1. The van der Waals surface area contributed by atoms with E-state index in [2.05, 4.69) is 0 Å². The Morgan fingerprint density at radius 1 is 1.35 bits per heavy atom. The van der Waals surface area contributed by atoms with E-state index in [0.717, 1.165) is 12.8 Å². The average molecular weight is 294 g/mol. The summed E-state index contributed by atoms with van der Waals surface area (Å²) < 4.78 is 42.9. The molecule has 2 saturated carbocycles. The third-order valence-corrected chi connectivity index (χ3v) is 4.05. The number of ether oxygens (including phenoxy) is 1. The van der Waals surface area contributed by atoms with E-state index in [1.54, 1.807) is 6.92 Å². The Hall–Kier alpha value is -0.820. The number of carbonyl (C=O) groups excluding carboxylic acids is 1. The van der Waals surface area contributed by atoms with Crippen LogP contribution in [0.15, 0.2) is 0 Å². The van der Waals surface area contributed by atoms with Crippen LogP contribution >= 0.6 is 0 Å². The van der Waals surface area contributed by atoms with E-state index in [4.69, 9.17) is 10.5 Å². The summed E-state index contributed by atoms with van der Waals surface area (Å²) in [6, 6.07) is -0.287. The highest BCUT2D eigenvalue weighted by atomic mass is 19.4. The van der Waals surface area contributed by atoms with Crippen molar-refractivity contribution in [2.24, 2.45) is 5.73 Å². The zero-order chi connectivity index (χ0) is 15.0. The lowest BCUT2D eigenvalue weighted by Crippen LogP contribution is -2.49. The summed E-state index contributed by atoms with van der Waals surface area (Å²) in [5, 5.41) is 0. The van der Waals surface area contributed by atoms with Crippen molar-refractivity contribution < 1.29 is 22.7 Å². The number of nitrogens with zero attached hydrogens (tertiary/aromatic N) is 1. The zero-order valence-electron chi connectivity index (χ0n) is 11.6. The summed E-state index contributed by atoms with van der Waals surface area (Å²) >= 11 is 0. The number of halogens is 3. The van der Waals surface area contributed by atoms with Crippen molar-refractivity contribution in [2.45, 2.75) is 62.8 Å². The molecule has 2 atom stereocenters. The maximum absolute atomic E-state index is 12.7. The Morgan fingerprint density at radius 2 is 2.00 bits per heavy atom. The van der Waals surface area contributed by atoms with Crippen LogP contribution in [0.2, 0.25) is 0 Å². The molecule has 4 nitrogen and oxygen atoms in total. The quantitative estimate of drug-likeness (QED) is 0.786. The van der Waals surface area contributed by atoms with Gasteiger partial charge in [0.2, 0.25) is 0 Å². The number of hydrogen-bond acceptors (Lipinski definition) is 4. The summed E-state index contributed by atoms with van der Waals surface area (Å²) in [6.45, 7) is 1.01. The maximum atomic E-state index is 12.7. The first kappa shape index (κ1) is 15.6.